The van der Waals surface area contributed by atoms with Crippen LogP contribution in [0.1, 0.15) is 44.9 Å². The molecule has 1 aliphatic carbocycles. The highest BCUT2D eigenvalue weighted by Crippen LogP contribution is 2.37. The molecule has 0 aromatic rings. The van der Waals surface area contributed by atoms with E-state index >= 15 is 0 Å². The third-order valence-corrected chi connectivity index (χ3v) is 3.97. The van der Waals surface area contributed by atoms with Gasteiger partial charge in [0.25, 0.3) is 0 Å². The number of nitrogens with one attached hydrogen (secondary N) is 1. The lowest BCUT2D eigenvalue weighted by Gasteiger charge is -2.34. The van der Waals surface area contributed by atoms with Gasteiger partial charge in [-0.15, -0.1) is 0 Å². The Kier molecular flexibility index (Phi) is 3.08. The molecule has 2 fully saturated rings. The van der Waals surface area contributed by atoms with E-state index in [-0.39, 0.29) is 5.41 Å². The fraction of sp³-hybridized carbons (Fsp3) is 0.917. The number of hydrogen-bond donors (Lipinski definition) is 1. The summed E-state index contributed by atoms with van der Waals surface area (Å²) in [5, 5.41) is 12.6. The smallest absolute Gasteiger partial charge is 0.0703 e. The minimum absolute atomic E-state index is 0.0200. The van der Waals surface area contributed by atoms with Crippen LogP contribution in [0.2, 0.25) is 0 Å². The van der Waals surface area contributed by atoms with Crippen molar-refractivity contribution in [2.24, 2.45) is 11.3 Å². The van der Waals surface area contributed by atoms with Gasteiger partial charge >= 0.3 is 0 Å². The lowest BCUT2D eigenvalue weighted by atomic mass is 9.73. The van der Waals surface area contributed by atoms with Crippen LogP contribution in [0.25, 0.3) is 0 Å². The van der Waals surface area contributed by atoms with E-state index in [1.54, 1.807) is 0 Å². The first-order chi connectivity index (χ1) is 6.85. The molecule has 1 N–H and O–H groups in total. The Balaban J connectivity index is 1.81. The lowest BCUT2D eigenvalue weighted by molar-refractivity contribution is 0.210. The van der Waals surface area contributed by atoms with E-state index in [1.165, 1.54) is 32.1 Å². The van der Waals surface area contributed by atoms with Crippen LogP contribution in [-0.4, -0.2) is 13.1 Å². The van der Waals surface area contributed by atoms with E-state index in [1.807, 2.05) is 0 Å². The molecule has 1 unspecified atom stereocenters. The van der Waals surface area contributed by atoms with Crippen LogP contribution >= 0.6 is 0 Å². The zero-order valence-corrected chi connectivity index (χ0v) is 8.89. The molecule has 0 aromatic heterocycles. The summed E-state index contributed by atoms with van der Waals surface area (Å²) in [7, 11) is 0. The predicted octanol–water partition coefficient (Wildman–Crippen LogP) is 2.46. The molecular weight excluding hydrogens is 172 g/mol. The van der Waals surface area contributed by atoms with Gasteiger partial charge in [0.2, 0.25) is 0 Å². The van der Waals surface area contributed by atoms with E-state index in [0.29, 0.717) is 0 Å². The van der Waals surface area contributed by atoms with Gasteiger partial charge in [-0.25, -0.2) is 0 Å². The Morgan fingerprint density at radius 3 is 2.71 bits per heavy atom. The van der Waals surface area contributed by atoms with E-state index in [0.717, 1.165) is 31.8 Å². The molecule has 0 aromatic carbocycles. The van der Waals surface area contributed by atoms with Gasteiger partial charge in [-0.2, -0.15) is 5.26 Å². The first kappa shape index (κ1) is 9.98. The van der Waals surface area contributed by atoms with Crippen molar-refractivity contribution in [3.05, 3.63) is 0 Å². The first-order valence-corrected chi connectivity index (χ1v) is 5.97. The van der Waals surface area contributed by atoms with Crippen molar-refractivity contribution >= 4 is 0 Å². The van der Waals surface area contributed by atoms with Gasteiger partial charge in [0.1, 0.15) is 0 Å². The normalized spacial score (nSPS) is 33.4. The minimum Gasteiger partial charge on any atom is -0.315 e. The largest absolute Gasteiger partial charge is 0.315 e. The predicted molar refractivity (Wildman–Crippen MR) is 56.7 cm³/mol. The quantitative estimate of drug-likeness (QED) is 0.745. The molecule has 0 bridgehead atoms. The van der Waals surface area contributed by atoms with Gasteiger partial charge in [-0.05, 0) is 38.1 Å². The summed E-state index contributed by atoms with van der Waals surface area (Å²) in [6, 6.07) is 2.56. The van der Waals surface area contributed by atoms with Crippen molar-refractivity contribution < 1.29 is 0 Å². The standard InChI is InChI=1S/C12H20N2/c13-9-12(6-2-8-14-10-12)7-5-11-3-1-4-11/h11,14H,1-8,10H2. The van der Waals surface area contributed by atoms with Gasteiger partial charge in [0.15, 0.2) is 0 Å². The van der Waals surface area contributed by atoms with Crippen LogP contribution in [0, 0.1) is 22.7 Å². The SMILES string of the molecule is N#CC1(CCC2CCC2)CCCNC1. The van der Waals surface area contributed by atoms with E-state index < -0.39 is 0 Å². The fourth-order valence-electron chi connectivity index (χ4n) is 2.59. The first-order valence-electron chi connectivity index (χ1n) is 5.97. The molecule has 2 aliphatic rings. The average Bonchev–Trinajstić information content (AvgIpc) is 2.17. The summed E-state index contributed by atoms with van der Waals surface area (Å²) in [6.45, 7) is 2.03. The van der Waals surface area contributed by atoms with Gasteiger partial charge in [0.05, 0.1) is 11.5 Å². The lowest BCUT2D eigenvalue weighted by Crippen LogP contribution is -2.39. The number of piperidine rings is 1. The highest BCUT2D eigenvalue weighted by atomic mass is 14.9. The Bertz CT molecular complexity index is 219. The number of nitrogens with zero attached hydrogens (tertiary/aromatic N) is 1. The maximum atomic E-state index is 9.26. The number of rotatable bonds is 3. The van der Waals surface area contributed by atoms with Crippen LogP contribution in [0.4, 0.5) is 0 Å². The van der Waals surface area contributed by atoms with Gasteiger partial charge in [0, 0.05) is 6.54 Å². The zero-order chi connectivity index (χ0) is 9.86. The Hall–Kier alpha value is -0.550. The molecule has 1 saturated carbocycles. The molecule has 0 spiro atoms. The molecule has 1 atom stereocenters. The molecule has 78 valence electrons. The van der Waals surface area contributed by atoms with Crippen molar-refractivity contribution in [1.82, 2.24) is 5.32 Å². The maximum Gasteiger partial charge on any atom is 0.0703 e. The van der Waals surface area contributed by atoms with Gasteiger partial charge in [-0.1, -0.05) is 19.3 Å². The van der Waals surface area contributed by atoms with Crippen LogP contribution in [0.5, 0.6) is 0 Å². The minimum atomic E-state index is -0.0200. The molecule has 2 rings (SSSR count). The monoisotopic (exact) mass is 192 g/mol. The second-order valence-electron chi connectivity index (χ2n) is 5.01. The topological polar surface area (TPSA) is 35.8 Å². The maximum absolute atomic E-state index is 9.26. The highest BCUT2D eigenvalue weighted by Gasteiger charge is 2.33. The summed E-state index contributed by atoms with van der Waals surface area (Å²) in [6.07, 6.45) is 8.95. The van der Waals surface area contributed by atoms with E-state index in [2.05, 4.69) is 11.4 Å². The van der Waals surface area contributed by atoms with Crippen molar-refractivity contribution in [1.29, 1.82) is 5.26 Å². The third-order valence-electron chi connectivity index (χ3n) is 3.97. The van der Waals surface area contributed by atoms with E-state index in [9.17, 15) is 5.26 Å². The molecular formula is C12H20N2. The Morgan fingerprint density at radius 2 is 2.21 bits per heavy atom. The summed E-state index contributed by atoms with van der Waals surface area (Å²) < 4.78 is 0. The van der Waals surface area contributed by atoms with Crippen LogP contribution in [-0.2, 0) is 0 Å². The molecule has 0 amide bonds. The van der Waals surface area contributed by atoms with E-state index in [4.69, 9.17) is 0 Å². The van der Waals surface area contributed by atoms with Crippen molar-refractivity contribution in [3.8, 4) is 6.07 Å². The molecule has 0 radical (unpaired) electrons. The summed E-state index contributed by atoms with van der Waals surface area (Å²) in [5.74, 6) is 0.946. The highest BCUT2D eigenvalue weighted by molar-refractivity contribution is 5.02. The van der Waals surface area contributed by atoms with Crippen molar-refractivity contribution in [2.75, 3.05) is 13.1 Å². The summed E-state index contributed by atoms with van der Waals surface area (Å²) >= 11 is 0. The third kappa shape index (κ3) is 2.09. The molecule has 1 saturated heterocycles. The average molecular weight is 192 g/mol. The molecule has 2 nitrogen and oxygen atoms in total. The van der Waals surface area contributed by atoms with Crippen LogP contribution in [0.3, 0.4) is 0 Å². The molecule has 1 aliphatic heterocycles. The fourth-order valence-corrected chi connectivity index (χ4v) is 2.59. The van der Waals surface area contributed by atoms with Crippen LogP contribution in [0.15, 0.2) is 0 Å². The Labute approximate surface area is 86.7 Å². The molecule has 1 heterocycles. The molecule has 14 heavy (non-hydrogen) atoms. The summed E-state index contributed by atoms with van der Waals surface area (Å²) in [5.41, 5.74) is -0.0200. The van der Waals surface area contributed by atoms with Crippen molar-refractivity contribution in [2.45, 2.75) is 44.9 Å². The van der Waals surface area contributed by atoms with Gasteiger partial charge < -0.3 is 5.32 Å². The number of hydrogen-bond acceptors (Lipinski definition) is 2. The zero-order valence-electron chi connectivity index (χ0n) is 8.89. The molecule has 2 heteroatoms. The second kappa shape index (κ2) is 4.31. The summed E-state index contributed by atoms with van der Waals surface area (Å²) in [4.78, 5) is 0. The van der Waals surface area contributed by atoms with Gasteiger partial charge in [-0.3, -0.25) is 0 Å². The van der Waals surface area contributed by atoms with Crippen LogP contribution < -0.4 is 5.32 Å². The Morgan fingerprint density at radius 1 is 1.36 bits per heavy atom. The second-order valence-corrected chi connectivity index (χ2v) is 5.01. The number of nitriles is 1. The van der Waals surface area contributed by atoms with Crippen molar-refractivity contribution in [3.63, 3.8) is 0 Å².